The van der Waals surface area contributed by atoms with Crippen molar-refractivity contribution in [2.24, 2.45) is 0 Å². The van der Waals surface area contributed by atoms with E-state index in [1.165, 1.54) is 6.07 Å². The summed E-state index contributed by atoms with van der Waals surface area (Å²) < 4.78 is 19.4. The number of nitrogens with zero attached hydrogens (tertiary/aromatic N) is 1. The van der Waals surface area contributed by atoms with E-state index < -0.39 is 0 Å². The summed E-state index contributed by atoms with van der Waals surface area (Å²) in [7, 11) is 0. The lowest BCUT2D eigenvalue weighted by Gasteiger charge is -2.09. The van der Waals surface area contributed by atoms with Gasteiger partial charge in [-0.25, -0.2) is 9.37 Å². The molecule has 1 aromatic carbocycles. The van der Waals surface area contributed by atoms with E-state index in [4.69, 9.17) is 4.74 Å². The lowest BCUT2D eigenvalue weighted by molar-refractivity contribution is 0.453. The Labute approximate surface area is 126 Å². The van der Waals surface area contributed by atoms with Crippen LogP contribution < -0.4 is 10.1 Å². The minimum absolute atomic E-state index is 0.361. The minimum atomic E-state index is -0.361. The summed E-state index contributed by atoms with van der Waals surface area (Å²) in [6, 6.07) is 10.5. The minimum Gasteiger partial charge on any atom is -0.439 e. The number of benzene rings is 1. The van der Waals surface area contributed by atoms with Crippen LogP contribution in [0, 0.1) is 5.82 Å². The zero-order valence-corrected chi connectivity index (χ0v) is 12.9. The van der Waals surface area contributed by atoms with Gasteiger partial charge in [-0.2, -0.15) is 0 Å². The number of halogens is 2. The van der Waals surface area contributed by atoms with Gasteiger partial charge in [0.15, 0.2) is 0 Å². The molecule has 3 nitrogen and oxygen atoms in total. The third-order valence-corrected chi connectivity index (χ3v) is 3.23. The molecule has 0 bridgehead atoms. The molecule has 2 rings (SSSR count). The Morgan fingerprint density at radius 2 is 2.10 bits per heavy atom. The molecule has 0 saturated carbocycles. The largest absolute Gasteiger partial charge is 0.439 e. The van der Waals surface area contributed by atoms with Crippen LogP contribution in [0.15, 0.2) is 40.9 Å². The monoisotopic (exact) mass is 338 g/mol. The number of rotatable bonds is 5. The van der Waals surface area contributed by atoms with Crippen LogP contribution in [0.3, 0.4) is 0 Å². The van der Waals surface area contributed by atoms with Crippen molar-refractivity contribution in [3.63, 3.8) is 0 Å². The molecular formula is C15H16BrFN2O. The molecule has 106 valence electrons. The van der Waals surface area contributed by atoms with Crippen molar-refractivity contribution >= 4 is 15.9 Å². The van der Waals surface area contributed by atoms with Gasteiger partial charge >= 0.3 is 0 Å². The van der Waals surface area contributed by atoms with Gasteiger partial charge in [-0.3, -0.25) is 0 Å². The first kappa shape index (κ1) is 14.9. The fraction of sp³-hybridized carbons (Fsp3) is 0.267. The number of hydrogen-bond donors (Lipinski definition) is 1. The molecule has 0 spiro atoms. The van der Waals surface area contributed by atoms with Crippen LogP contribution in [0.4, 0.5) is 4.39 Å². The maximum absolute atomic E-state index is 13.4. The van der Waals surface area contributed by atoms with Gasteiger partial charge in [-0.05, 0) is 34.1 Å². The van der Waals surface area contributed by atoms with Crippen molar-refractivity contribution in [2.75, 3.05) is 0 Å². The SMILES string of the molecule is CC(C)NCc1cccc(Oc2ccc(Br)c(F)c2)n1. The summed E-state index contributed by atoms with van der Waals surface area (Å²) in [5.74, 6) is 0.516. The number of nitrogens with one attached hydrogen (secondary N) is 1. The second-order valence-corrected chi connectivity index (χ2v) is 5.54. The standard InChI is InChI=1S/C15H16BrFN2O/c1-10(2)18-9-11-4-3-5-15(19-11)20-12-6-7-13(16)14(17)8-12/h3-8,10,18H,9H2,1-2H3. The molecule has 20 heavy (non-hydrogen) atoms. The van der Waals surface area contributed by atoms with Gasteiger partial charge in [0.05, 0.1) is 10.2 Å². The highest BCUT2D eigenvalue weighted by molar-refractivity contribution is 9.10. The Bertz CT molecular complexity index is 590. The van der Waals surface area contributed by atoms with E-state index >= 15 is 0 Å². The van der Waals surface area contributed by atoms with E-state index in [9.17, 15) is 4.39 Å². The van der Waals surface area contributed by atoms with Gasteiger partial charge in [0.25, 0.3) is 0 Å². The molecule has 2 aromatic rings. The Morgan fingerprint density at radius 1 is 1.30 bits per heavy atom. The number of aromatic nitrogens is 1. The summed E-state index contributed by atoms with van der Waals surface area (Å²) in [6.45, 7) is 4.82. The number of hydrogen-bond acceptors (Lipinski definition) is 3. The van der Waals surface area contributed by atoms with Crippen molar-refractivity contribution in [3.8, 4) is 11.6 Å². The first-order valence-electron chi connectivity index (χ1n) is 6.37. The van der Waals surface area contributed by atoms with Crippen LogP contribution in [-0.2, 0) is 6.54 Å². The van der Waals surface area contributed by atoms with Gasteiger partial charge in [-0.1, -0.05) is 19.9 Å². The predicted octanol–water partition coefficient (Wildman–Crippen LogP) is 4.27. The Morgan fingerprint density at radius 3 is 2.80 bits per heavy atom. The van der Waals surface area contributed by atoms with Crippen LogP contribution in [0.1, 0.15) is 19.5 Å². The zero-order chi connectivity index (χ0) is 14.5. The van der Waals surface area contributed by atoms with E-state index in [-0.39, 0.29) is 5.82 Å². The molecule has 0 amide bonds. The third kappa shape index (κ3) is 4.28. The van der Waals surface area contributed by atoms with E-state index in [0.717, 1.165) is 5.69 Å². The molecule has 0 aliphatic rings. The second-order valence-electron chi connectivity index (χ2n) is 4.68. The highest BCUT2D eigenvalue weighted by Gasteiger charge is 2.05. The Hall–Kier alpha value is -1.46. The first-order chi connectivity index (χ1) is 9.54. The highest BCUT2D eigenvalue weighted by Crippen LogP contribution is 2.24. The second kappa shape index (κ2) is 6.81. The summed E-state index contributed by atoms with van der Waals surface area (Å²) >= 11 is 3.11. The van der Waals surface area contributed by atoms with Crippen molar-refractivity contribution in [3.05, 3.63) is 52.4 Å². The molecule has 1 aromatic heterocycles. The number of ether oxygens (including phenoxy) is 1. The van der Waals surface area contributed by atoms with E-state index in [1.54, 1.807) is 18.2 Å². The van der Waals surface area contributed by atoms with Crippen molar-refractivity contribution < 1.29 is 9.13 Å². The highest BCUT2D eigenvalue weighted by atomic mass is 79.9. The van der Waals surface area contributed by atoms with Crippen LogP contribution >= 0.6 is 15.9 Å². The van der Waals surface area contributed by atoms with Crippen LogP contribution in [0.25, 0.3) is 0 Å². The molecular weight excluding hydrogens is 323 g/mol. The maximum Gasteiger partial charge on any atom is 0.219 e. The molecule has 5 heteroatoms. The quantitative estimate of drug-likeness (QED) is 0.883. The van der Waals surface area contributed by atoms with Gasteiger partial charge in [0.2, 0.25) is 5.88 Å². The molecule has 0 aliphatic carbocycles. The normalized spacial score (nSPS) is 10.8. The van der Waals surface area contributed by atoms with Crippen LogP contribution in [0.2, 0.25) is 0 Å². The van der Waals surface area contributed by atoms with Gasteiger partial charge in [0, 0.05) is 24.7 Å². The number of pyridine rings is 1. The molecule has 0 saturated heterocycles. The first-order valence-corrected chi connectivity index (χ1v) is 7.16. The molecule has 1 N–H and O–H groups in total. The van der Waals surface area contributed by atoms with Crippen molar-refractivity contribution in [1.29, 1.82) is 0 Å². The third-order valence-electron chi connectivity index (χ3n) is 2.59. The van der Waals surface area contributed by atoms with Crippen molar-refractivity contribution in [1.82, 2.24) is 10.3 Å². The molecule has 0 unspecified atom stereocenters. The summed E-state index contributed by atoms with van der Waals surface area (Å²) in [5, 5.41) is 3.29. The van der Waals surface area contributed by atoms with Crippen molar-refractivity contribution in [2.45, 2.75) is 26.4 Å². The molecule has 0 aliphatic heterocycles. The molecule has 0 radical (unpaired) electrons. The smallest absolute Gasteiger partial charge is 0.219 e. The van der Waals surface area contributed by atoms with Crippen LogP contribution in [0.5, 0.6) is 11.6 Å². The van der Waals surface area contributed by atoms with Gasteiger partial charge in [0.1, 0.15) is 11.6 Å². The lowest BCUT2D eigenvalue weighted by Crippen LogP contribution is -2.22. The molecule has 0 fully saturated rings. The Balaban J connectivity index is 2.08. The topological polar surface area (TPSA) is 34.1 Å². The van der Waals surface area contributed by atoms with Gasteiger partial charge in [-0.15, -0.1) is 0 Å². The zero-order valence-electron chi connectivity index (χ0n) is 11.4. The van der Waals surface area contributed by atoms with E-state index in [1.807, 2.05) is 12.1 Å². The fourth-order valence-electron chi connectivity index (χ4n) is 1.58. The fourth-order valence-corrected chi connectivity index (χ4v) is 1.83. The summed E-state index contributed by atoms with van der Waals surface area (Å²) in [5.41, 5.74) is 0.883. The lowest BCUT2D eigenvalue weighted by atomic mass is 10.3. The molecule has 1 heterocycles. The predicted molar refractivity (Wildman–Crippen MR) is 80.4 cm³/mol. The van der Waals surface area contributed by atoms with E-state index in [2.05, 4.69) is 40.1 Å². The maximum atomic E-state index is 13.4. The average Bonchev–Trinajstić information content (AvgIpc) is 2.41. The molecule has 0 atom stereocenters. The summed E-state index contributed by atoms with van der Waals surface area (Å²) in [4.78, 5) is 4.37. The van der Waals surface area contributed by atoms with Crippen LogP contribution in [-0.4, -0.2) is 11.0 Å². The Kier molecular flexibility index (Phi) is 5.09. The van der Waals surface area contributed by atoms with Gasteiger partial charge < -0.3 is 10.1 Å². The van der Waals surface area contributed by atoms with E-state index in [0.29, 0.717) is 28.7 Å². The summed E-state index contributed by atoms with van der Waals surface area (Å²) in [6.07, 6.45) is 0. The average molecular weight is 339 g/mol.